The molecule has 1 aliphatic carbocycles. The molecule has 0 saturated heterocycles. The highest BCUT2D eigenvalue weighted by molar-refractivity contribution is 6.30. The molecule has 2 rings (SSSR count). The number of halogens is 1. The number of nitrogens with one attached hydrogen (secondary N) is 1. The Labute approximate surface area is 106 Å². The molecule has 0 unspecified atom stereocenters. The zero-order valence-electron chi connectivity index (χ0n) is 9.86. The zero-order chi connectivity index (χ0) is 12.1. The second kappa shape index (κ2) is 6.17. The third-order valence-electron chi connectivity index (χ3n) is 3.26. The van der Waals surface area contributed by atoms with Crippen LogP contribution in [-0.4, -0.2) is 22.6 Å². The summed E-state index contributed by atoms with van der Waals surface area (Å²) in [5.41, 5.74) is -0.239. The monoisotopic (exact) mass is 255 g/mol. The Hall–Kier alpha value is -0.870. The lowest BCUT2D eigenvalue weighted by Crippen LogP contribution is -2.30. The van der Waals surface area contributed by atoms with E-state index in [1.165, 1.54) is 31.9 Å². The van der Waals surface area contributed by atoms with E-state index in [9.17, 15) is 4.79 Å². The molecule has 0 bridgehead atoms. The van der Waals surface area contributed by atoms with Crippen LogP contribution in [0.2, 0.25) is 5.02 Å². The van der Waals surface area contributed by atoms with Crippen molar-refractivity contribution < 1.29 is 0 Å². The Balaban J connectivity index is 1.74. The van der Waals surface area contributed by atoms with Crippen LogP contribution in [0.25, 0.3) is 0 Å². The normalized spacial score (nSPS) is 16.5. The van der Waals surface area contributed by atoms with E-state index in [1.54, 1.807) is 10.8 Å². The summed E-state index contributed by atoms with van der Waals surface area (Å²) in [5, 5.41) is 3.89. The van der Waals surface area contributed by atoms with Crippen molar-refractivity contribution in [3.05, 3.63) is 27.9 Å². The minimum absolute atomic E-state index is 0.239. The summed E-state index contributed by atoms with van der Waals surface area (Å²) in [6.45, 7) is 2.47. The van der Waals surface area contributed by atoms with Gasteiger partial charge in [0, 0.05) is 19.3 Å². The van der Waals surface area contributed by atoms with Gasteiger partial charge in [-0.1, -0.05) is 24.4 Å². The standard InChI is InChI=1S/C12H18ClN3O/c13-11-8-15-12(17)16(9-11)6-5-14-7-10-3-1-2-4-10/h8-10,14H,1-7H2. The lowest BCUT2D eigenvalue weighted by Gasteiger charge is -2.11. The third-order valence-corrected chi connectivity index (χ3v) is 3.46. The number of hydrogen-bond donors (Lipinski definition) is 1. The van der Waals surface area contributed by atoms with E-state index < -0.39 is 0 Å². The van der Waals surface area contributed by atoms with Gasteiger partial charge in [-0.15, -0.1) is 0 Å². The van der Waals surface area contributed by atoms with Crippen LogP contribution >= 0.6 is 11.6 Å². The molecular weight excluding hydrogens is 238 g/mol. The zero-order valence-corrected chi connectivity index (χ0v) is 10.6. The SMILES string of the molecule is O=c1ncc(Cl)cn1CCNCC1CCCC1. The van der Waals surface area contributed by atoms with Gasteiger partial charge in [-0.25, -0.2) is 9.78 Å². The van der Waals surface area contributed by atoms with Gasteiger partial charge in [0.15, 0.2) is 0 Å². The maximum atomic E-state index is 11.4. The fourth-order valence-electron chi connectivity index (χ4n) is 2.31. The van der Waals surface area contributed by atoms with Crippen molar-refractivity contribution in [3.8, 4) is 0 Å². The highest BCUT2D eigenvalue weighted by Gasteiger charge is 2.13. The predicted octanol–water partition coefficient (Wildman–Crippen LogP) is 1.68. The molecule has 17 heavy (non-hydrogen) atoms. The molecule has 5 heteroatoms. The topological polar surface area (TPSA) is 46.9 Å². The van der Waals surface area contributed by atoms with Crippen molar-refractivity contribution in [1.82, 2.24) is 14.9 Å². The Morgan fingerprint density at radius 2 is 2.24 bits per heavy atom. The average Bonchev–Trinajstić information content (AvgIpc) is 2.82. The summed E-state index contributed by atoms with van der Waals surface area (Å²) in [6.07, 6.45) is 8.42. The van der Waals surface area contributed by atoms with Gasteiger partial charge in [0.2, 0.25) is 0 Å². The van der Waals surface area contributed by atoms with Crippen LogP contribution in [0.3, 0.4) is 0 Å². The Morgan fingerprint density at radius 1 is 1.47 bits per heavy atom. The molecule has 0 spiro atoms. The smallest absolute Gasteiger partial charge is 0.315 e. The van der Waals surface area contributed by atoms with Crippen molar-refractivity contribution >= 4 is 11.6 Å². The highest BCUT2D eigenvalue weighted by Crippen LogP contribution is 2.23. The second-order valence-corrected chi connectivity index (χ2v) is 5.04. The number of aromatic nitrogens is 2. The van der Waals surface area contributed by atoms with E-state index in [4.69, 9.17) is 11.6 Å². The van der Waals surface area contributed by atoms with Crippen LogP contribution in [0.5, 0.6) is 0 Å². The van der Waals surface area contributed by atoms with Gasteiger partial charge in [-0.05, 0) is 25.3 Å². The molecule has 1 N–H and O–H groups in total. The van der Waals surface area contributed by atoms with E-state index in [1.807, 2.05) is 0 Å². The van der Waals surface area contributed by atoms with Gasteiger partial charge in [0.05, 0.1) is 11.2 Å². The van der Waals surface area contributed by atoms with E-state index in [0.717, 1.165) is 19.0 Å². The largest absolute Gasteiger partial charge is 0.347 e. The van der Waals surface area contributed by atoms with Crippen LogP contribution in [0.15, 0.2) is 17.2 Å². The summed E-state index contributed by atoms with van der Waals surface area (Å²) < 4.78 is 1.55. The number of hydrogen-bond acceptors (Lipinski definition) is 3. The van der Waals surface area contributed by atoms with Gasteiger partial charge < -0.3 is 5.32 Å². The fourth-order valence-corrected chi connectivity index (χ4v) is 2.48. The Morgan fingerprint density at radius 3 is 3.00 bits per heavy atom. The summed E-state index contributed by atoms with van der Waals surface area (Å²) in [7, 11) is 0. The first-order valence-corrected chi connectivity index (χ1v) is 6.56. The van der Waals surface area contributed by atoms with Crippen molar-refractivity contribution in [1.29, 1.82) is 0 Å². The Bertz CT molecular complexity index is 412. The molecular formula is C12H18ClN3O. The third kappa shape index (κ3) is 3.82. The minimum atomic E-state index is -0.239. The highest BCUT2D eigenvalue weighted by atomic mass is 35.5. The van der Waals surface area contributed by atoms with Crippen molar-refractivity contribution in [2.75, 3.05) is 13.1 Å². The molecule has 0 radical (unpaired) electrons. The van der Waals surface area contributed by atoms with Crippen molar-refractivity contribution in [2.24, 2.45) is 5.92 Å². The maximum Gasteiger partial charge on any atom is 0.347 e. The van der Waals surface area contributed by atoms with Crippen LogP contribution in [0.4, 0.5) is 0 Å². The van der Waals surface area contributed by atoms with Crippen LogP contribution in [-0.2, 0) is 6.54 Å². The molecule has 0 aromatic carbocycles. The van der Waals surface area contributed by atoms with Crippen LogP contribution in [0.1, 0.15) is 25.7 Å². The number of rotatable bonds is 5. The Kier molecular flexibility index (Phi) is 4.57. The second-order valence-electron chi connectivity index (χ2n) is 4.60. The molecule has 1 saturated carbocycles. The molecule has 0 amide bonds. The first-order valence-electron chi connectivity index (χ1n) is 6.18. The molecule has 1 aliphatic rings. The summed E-state index contributed by atoms with van der Waals surface area (Å²) in [6, 6.07) is 0. The molecule has 1 aromatic heterocycles. The summed E-state index contributed by atoms with van der Waals surface area (Å²) in [4.78, 5) is 15.1. The fraction of sp³-hybridized carbons (Fsp3) is 0.667. The lowest BCUT2D eigenvalue weighted by molar-refractivity contribution is 0.472. The van der Waals surface area contributed by atoms with E-state index in [2.05, 4.69) is 10.3 Å². The van der Waals surface area contributed by atoms with Crippen molar-refractivity contribution in [2.45, 2.75) is 32.2 Å². The molecule has 0 aliphatic heterocycles. The quantitative estimate of drug-likeness (QED) is 0.815. The molecule has 94 valence electrons. The van der Waals surface area contributed by atoms with E-state index >= 15 is 0 Å². The molecule has 0 atom stereocenters. The maximum absolute atomic E-state index is 11.4. The van der Waals surface area contributed by atoms with Gasteiger partial charge >= 0.3 is 5.69 Å². The predicted molar refractivity (Wildman–Crippen MR) is 68.3 cm³/mol. The van der Waals surface area contributed by atoms with Crippen molar-refractivity contribution in [3.63, 3.8) is 0 Å². The van der Waals surface area contributed by atoms with Gasteiger partial charge in [0.25, 0.3) is 0 Å². The van der Waals surface area contributed by atoms with E-state index in [0.29, 0.717) is 11.6 Å². The number of nitrogens with zero attached hydrogens (tertiary/aromatic N) is 2. The van der Waals surface area contributed by atoms with E-state index in [-0.39, 0.29) is 5.69 Å². The first-order chi connectivity index (χ1) is 8.25. The summed E-state index contributed by atoms with van der Waals surface area (Å²) in [5.74, 6) is 0.823. The first kappa shape index (κ1) is 12.6. The molecule has 4 nitrogen and oxygen atoms in total. The molecule has 1 fully saturated rings. The average molecular weight is 256 g/mol. The molecule has 1 aromatic rings. The van der Waals surface area contributed by atoms with Crippen LogP contribution < -0.4 is 11.0 Å². The van der Waals surface area contributed by atoms with Crippen LogP contribution in [0, 0.1) is 5.92 Å². The minimum Gasteiger partial charge on any atom is -0.315 e. The molecule has 1 heterocycles. The van der Waals surface area contributed by atoms with Gasteiger partial charge in [-0.3, -0.25) is 4.57 Å². The lowest BCUT2D eigenvalue weighted by atomic mass is 10.1. The van der Waals surface area contributed by atoms with Gasteiger partial charge in [0.1, 0.15) is 0 Å². The van der Waals surface area contributed by atoms with Gasteiger partial charge in [-0.2, -0.15) is 0 Å². The summed E-state index contributed by atoms with van der Waals surface area (Å²) >= 11 is 5.79.